The van der Waals surface area contributed by atoms with E-state index in [1.54, 1.807) is 24.3 Å². The van der Waals surface area contributed by atoms with Crippen LogP contribution in [0.25, 0.3) is 0 Å². The van der Waals surface area contributed by atoms with Crippen LogP contribution in [0.5, 0.6) is 23.0 Å². The molecule has 0 unspecified atom stereocenters. The van der Waals surface area contributed by atoms with Crippen LogP contribution in [0.2, 0.25) is 0 Å². The second-order valence-electron chi connectivity index (χ2n) is 6.51. The number of phenols is 2. The molecule has 3 aromatic carbocycles. The fourth-order valence-electron chi connectivity index (χ4n) is 3.77. The van der Waals surface area contributed by atoms with Crippen LogP contribution in [0.3, 0.4) is 0 Å². The number of benzene rings is 3. The zero-order valence-corrected chi connectivity index (χ0v) is 25.7. The largest absolute Gasteiger partial charge is 0.506 e. The molecule has 2 N–H and O–H groups in total. The fraction of sp³-hybridized carbons (Fsp3) is 0.0500. The molecular formula is C20H8I4NaO5. The van der Waals surface area contributed by atoms with E-state index in [0.29, 0.717) is 48.0 Å². The van der Waals surface area contributed by atoms with Gasteiger partial charge >= 0.3 is 5.97 Å². The first-order valence-corrected chi connectivity index (χ1v) is 12.5. The molecule has 10 heteroatoms. The normalized spacial score (nSPS) is 14.9. The molecule has 0 fully saturated rings. The number of carbonyl (C=O) groups is 1. The van der Waals surface area contributed by atoms with Gasteiger partial charge in [-0.25, -0.2) is 4.79 Å². The molecule has 147 valence electrons. The molecule has 0 aromatic heterocycles. The molecule has 0 saturated heterocycles. The van der Waals surface area contributed by atoms with Crippen LogP contribution in [0.4, 0.5) is 0 Å². The maximum atomic E-state index is 12.9. The number of ether oxygens (including phenoxy) is 2. The predicted molar refractivity (Wildman–Crippen MR) is 145 cm³/mol. The molecule has 5 nitrogen and oxygen atoms in total. The van der Waals surface area contributed by atoms with E-state index in [0.717, 1.165) is 0 Å². The van der Waals surface area contributed by atoms with E-state index in [-0.39, 0.29) is 41.1 Å². The summed E-state index contributed by atoms with van der Waals surface area (Å²) in [6.07, 6.45) is 0. The Balaban J connectivity index is 0.00000218. The van der Waals surface area contributed by atoms with E-state index in [1.807, 2.05) is 57.3 Å². The topological polar surface area (TPSA) is 76.0 Å². The van der Waals surface area contributed by atoms with Gasteiger partial charge in [0.1, 0.15) is 11.5 Å². The van der Waals surface area contributed by atoms with Crippen LogP contribution >= 0.6 is 90.4 Å². The molecule has 2 heterocycles. The van der Waals surface area contributed by atoms with Crippen LogP contribution in [0.1, 0.15) is 27.0 Å². The Morgan fingerprint density at radius 1 is 0.800 bits per heavy atom. The number of carbonyl (C=O) groups excluding carboxylic acids is 1. The van der Waals surface area contributed by atoms with Crippen LogP contribution in [-0.2, 0) is 10.3 Å². The smallest absolute Gasteiger partial charge is 0.340 e. The first-order chi connectivity index (χ1) is 13.8. The molecule has 3 aromatic rings. The van der Waals surface area contributed by atoms with E-state index in [2.05, 4.69) is 45.2 Å². The minimum Gasteiger partial charge on any atom is -0.506 e. The van der Waals surface area contributed by atoms with Crippen molar-refractivity contribution in [3.8, 4) is 23.0 Å². The quantitative estimate of drug-likeness (QED) is 0.173. The third-order valence-corrected chi connectivity index (χ3v) is 8.68. The molecule has 0 aliphatic carbocycles. The summed E-state index contributed by atoms with van der Waals surface area (Å²) in [4.78, 5) is 12.9. The van der Waals surface area contributed by atoms with E-state index in [9.17, 15) is 15.0 Å². The summed E-state index contributed by atoms with van der Waals surface area (Å²) in [5.74, 6) is 0.616. The average molecular weight is 859 g/mol. The van der Waals surface area contributed by atoms with Crippen LogP contribution in [-0.4, -0.2) is 45.7 Å². The summed E-state index contributed by atoms with van der Waals surface area (Å²) in [6, 6.07) is 10.9. The molecule has 0 amide bonds. The summed E-state index contributed by atoms with van der Waals surface area (Å²) in [7, 11) is 0. The maximum Gasteiger partial charge on any atom is 0.340 e. The van der Waals surface area contributed by atoms with Crippen molar-refractivity contribution in [1.29, 1.82) is 0 Å². The van der Waals surface area contributed by atoms with Crippen molar-refractivity contribution < 1.29 is 24.5 Å². The molecule has 1 spiro atoms. The zero-order chi connectivity index (χ0) is 20.7. The monoisotopic (exact) mass is 859 g/mol. The van der Waals surface area contributed by atoms with Crippen molar-refractivity contribution >= 4 is 126 Å². The number of rotatable bonds is 0. The molecule has 2 aliphatic rings. The molecule has 2 aliphatic heterocycles. The van der Waals surface area contributed by atoms with Gasteiger partial charge < -0.3 is 19.7 Å². The Labute approximate surface area is 248 Å². The van der Waals surface area contributed by atoms with Crippen molar-refractivity contribution in [2.45, 2.75) is 5.60 Å². The van der Waals surface area contributed by atoms with Gasteiger partial charge in [0, 0.05) is 35.1 Å². The molecule has 5 rings (SSSR count). The SMILES string of the molecule is O=C1OC2(c3ccccc31)c1cc(I)c(O)c(I)c1Oc1c2cc(I)c(O)c1I.[Na]. The molecular weight excluding hydrogens is 851 g/mol. The summed E-state index contributed by atoms with van der Waals surface area (Å²) in [6.45, 7) is 0. The van der Waals surface area contributed by atoms with Gasteiger partial charge in [0.05, 0.1) is 31.0 Å². The Bertz CT molecular complexity index is 1200. The van der Waals surface area contributed by atoms with Gasteiger partial charge in [0.2, 0.25) is 0 Å². The molecule has 0 saturated carbocycles. The molecule has 0 bridgehead atoms. The zero-order valence-electron chi connectivity index (χ0n) is 15.1. The van der Waals surface area contributed by atoms with E-state index >= 15 is 0 Å². The number of halogens is 4. The van der Waals surface area contributed by atoms with Crippen LogP contribution in [0.15, 0.2) is 36.4 Å². The molecule has 1 radical (unpaired) electrons. The Morgan fingerprint density at radius 2 is 1.30 bits per heavy atom. The number of esters is 1. The second-order valence-corrected chi connectivity index (χ2v) is 11.0. The van der Waals surface area contributed by atoms with Crippen molar-refractivity contribution in [2.75, 3.05) is 0 Å². The van der Waals surface area contributed by atoms with Gasteiger partial charge in [-0.15, -0.1) is 0 Å². The number of hydrogen-bond donors (Lipinski definition) is 2. The predicted octanol–water partition coefficient (Wildman–Crippen LogP) is 5.70. The van der Waals surface area contributed by atoms with Crippen LogP contribution in [0, 0.1) is 14.3 Å². The van der Waals surface area contributed by atoms with E-state index < -0.39 is 11.6 Å². The number of phenolic OH excluding ortho intramolecular Hbond substituents is 2. The summed E-state index contributed by atoms with van der Waals surface area (Å²) < 4.78 is 14.6. The van der Waals surface area contributed by atoms with Gasteiger partial charge in [-0.3, -0.25) is 0 Å². The summed E-state index contributed by atoms with van der Waals surface area (Å²) in [5.41, 5.74) is 1.27. The van der Waals surface area contributed by atoms with Crippen molar-refractivity contribution in [1.82, 2.24) is 0 Å². The van der Waals surface area contributed by atoms with Gasteiger partial charge in [-0.1, -0.05) is 18.2 Å². The van der Waals surface area contributed by atoms with Crippen molar-refractivity contribution in [2.24, 2.45) is 0 Å². The number of fused-ring (bicyclic) bond motifs is 6. The number of hydrogen-bond acceptors (Lipinski definition) is 5. The van der Waals surface area contributed by atoms with Crippen molar-refractivity contribution in [3.05, 3.63) is 72.9 Å². The Morgan fingerprint density at radius 3 is 1.83 bits per heavy atom. The third kappa shape index (κ3) is 3.15. The van der Waals surface area contributed by atoms with Crippen molar-refractivity contribution in [3.63, 3.8) is 0 Å². The summed E-state index contributed by atoms with van der Waals surface area (Å²) in [5, 5.41) is 21.0. The first kappa shape index (κ1) is 23.6. The fourth-order valence-corrected chi connectivity index (χ4v) is 7.35. The van der Waals surface area contributed by atoms with Gasteiger partial charge in [0.25, 0.3) is 0 Å². The number of aromatic hydroxyl groups is 2. The van der Waals surface area contributed by atoms with Crippen LogP contribution < -0.4 is 4.74 Å². The first-order valence-electron chi connectivity index (χ1n) is 8.21. The maximum absolute atomic E-state index is 12.9. The van der Waals surface area contributed by atoms with Gasteiger partial charge in [0.15, 0.2) is 17.1 Å². The second kappa shape index (κ2) is 8.34. The minimum absolute atomic E-state index is 0. The van der Waals surface area contributed by atoms with E-state index in [4.69, 9.17) is 9.47 Å². The third-order valence-electron chi connectivity index (χ3n) is 5.03. The Kier molecular flexibility index (Phi) is 6.56. The molecule has 30 heavy (non-hydrogen) atoms. The molecule has 0 atom stereocenters. The summed E-state index contributed by atoms with van der Waals surface area (Å²) >= 11 is 8.17. The van der Waals surface area contributed by atoms with E-state index in [1.165, 1.54) is 0 Å². The average Bonchev–Trinajstić information content (AvgIpc) is 3.00. The van der Waals surface area contributed by atoms with Gasteiger partial charge in [-0.05, 0) is 109 Å². The Hall–Kier alpha value is 0.450. The van der Waals surface area contributed by atoms with Gasteiger partial charge in [-0.2, -0.15) is 0 Å². The minimum atomic E-state index is -1.22. The standard InChI is InChI=1S/C20H8I4O5.Na/c21-11-5-9-17(13(23)15(11)25)28-18-10(6-12(22)16(26)14(18)24)20(9)8-4-2-1-3-7(8)19(27)29-20;/h1-6,25-26H;.